The van der Waals surface area contributed by atoms with Crippen molar-refractivity contribution < 1.29 is 9.53 Å². The van der Waals surface area contributed by atoms with E-state index < -0.39 is 0 Å². The summed E-state index contributed by atoms with van der Waals surface area (Å²) in [5.74, 6) is 1.14. The van der Waals surface area contributed by atoms with Crippen LogP contribution in [0.25, 0.3) is 0 Å². The number of hydrogen-bond donors (Lipinski definition) is 1. The first kappa shape index (κ1) is 15.8. The van der Waals surface area contributed by atoms with Crippen LogP contribution in [0, 0.1) is 19.8 Å². The van der Waals surface area contributed by atoms with Crippen LogP contribution in [0.1, 0.15) is 31.5 Å². The molecule has 2 amide bonds. The lowest BCUT2D eigenvalue weighted by Crippen LogP contribution is -2.34. The third-order valence-corrected chi connectivity index (χ3v) is 3.43. The number of carbonyl (C=O) groups excluding carboxylic acids is 1. The van der Waals surface area contributed by atoms with Gasteiger partial charge < -0.3 is 9.64 Å². The zero-order chi connectivity index (χ0) is 15.4. The Kier molecular flexibility index (Phi) is 5.17. The minimum absolute atomic E-state index is 0.0943. The average Bonchev–Trinajstić information content (AvgIpc) is 2.83. The zero-order valence-corrected chi connectivity index (χ0v) is 13.3. The maximum absolute atomic E-state index is 12.2. The molecule has 116 valence electrons. The van der Waals surface area contributed by atoms with Gasteiger partial charge in [-0.1, -0.05) is 13.8 Å². The van der Waals surface area contributed by atoms with Gasteiger partial charge in [0.15, 0.2) is 0 Å². The van der Waals surface area contributed by atoms with Crippen molar-refractivity contribution in [3.05, 3.63) is 23.4 Å². The highest BCUT2D eigenvalue weighted by atomic mass is 16.5. The molecule has 0 saturated carbocycles. The average molecular weight is 291 g/mol. The Balaban J connectivity index is 1.87. The second-order valence-corrected chi connectivity index (χ2v) is 6.19. The fourth-order valence-electron chi connectivity index (χ4n) is 2.47. The Labute approximate surface area is 126 Å². The van der Waals surface area contributed by atoms with Gasteiger partial charge in [-0.05, 0) is 43.9 Å². The fourth-order valence-corrected chi connectivity index (χ4v) is 2.47. The summed E-state index contributed by atoms with van der Waals surface area (Å²) in [6, 6.07) is 3.78. The number of urea groups is 1. The summed E-state index contributed by atoms with van der Waals surface area (Å²) in [4.78, 5) is 18.4. The normalized spacial score (nSPS) is 18.3. The lowest BCUT2D eigenvalue weighted by molar-refractivity contribution is 0.0440. The second kappa shape index (κ2) is 6.89. The molecule has 1 aliphatic rings. The topological polar surface area (TPSA) is 54.5 Å². The van der Waals surface area contributed by atoms with Gasteiger partial charge in [-0.15, -0.1) is 0 Å². The molecular formula is C16H25N3O2. The van der Waals surface area contributed by atoms with Gasteiger partial charge in [0.25, 0.3) is 0 Å². The number of likely N-dealkylation sites (tertiary alicyclic amines) is 1. The van der Waals surface area contributed by atoms with Gasteiger partial charge in [-0.3, -0.25) is 5.32 Å². The molecular weight excluding hydrogens is 266 g/mol. The van der Waals surface area contributed by atoms with Gasteiger partial charge in [-0.25, -0.2) is 9.78 Å². The third-order valence-electron chi connectivity index (χ3n) is 3.43. The van der Waals surface area contributed by atoms with Gasteiger partial charge in [0.1, 0.15) is 5.82 Å². The standard InChI is InChI=1S/C16H25N3O2/c1-11(2)10-21-14-5-6-19(9-14)16(20)18-15-8-12(3)7-13(4)17-15/h7-8,11,14H,5-6,9-10H2,1-4H3,(H,17,18,20)/t14-/m1/s1. The fraction of sp³-hybridized carbons (Fsp3) is 0.625. The third kappa shape index (κ3) is 4.70. The van der Waals surface area contributed by atoms with E-state index in [0.29, 0.717) is 18.3 Å². The van der Waals surface area contributed by atoms with Crippen molar-refractivity contribution in [2.45, 2.75) is 40.2 Å². The molecule has 1 saturated heterocycles. The quantitative estimate of drug-likeness (QED) is 0.928. The van der Waals surface area contributed by atoms with Crippen molar-refractivity contribution in [3.63, 3.8) is 0 Å². The second-order valence-electron chi connectivity index (χ2n) is 6.19. The van der Waals surface area contributed by atoms with Crippen molar-refractivity contribution in [1.29, 1.82) is 0 Å². The van der Waals surface area contributed by atoms with Gasteiger partial charge in [-0.2, -0.15) is 0 Å². The molecule has 1 N–H and O–H groups in total. The number of anilines is 1. The monoisotopic (exact) mass is 291 g/mol. The number of aryl methyl sites for hydroxylation is 2. The smallest absolute Gasteiger partial charge is 0.323 e. The van der Waals surface area contributed by atoms with Crippen molar-refractivity contribution in [2.24, 2.45) is 5.92 Å². The van der Waals surface area contributed by atoms with E-state index in [1.54, 1.807) is 4.90 Å². The number of nitrogens with zero attached hydrogens (tertiary/aromatic N) is 2. The van der Waals surface area contributed by atoms with Crippen LogP contribution in [-0.4, -0.2) is 41.7 Å². The summed E-state index contributed by atoms with van der Waals surface area (Å²) < 4.78 is 5.80. The summed E-state index contributed by atoms with van der Waals surface area (Å²) in [7, 11) is 0. The van der Waals surface area contributed by atoms with E-state index in [0.717, 1.165) is 30.8 Å². The molecule has 0 bridgehead atoms. The van der Waals surface area contributed by atoms with E-state index in [1.807, 2.05) is 26.0 Å². The largest absolute Gasteiger partial charge is 0.376 e. The van der Waals surface area contributed by atoms with Crippen LogP contribution in [0.3, 0.4) is 0 Å². The maximum atomic E-state index is 12.2. The van der Waals surface area contributed by atoms with Gasteiger partial charge in [0, 0.05) is 25.4 Å². The van der Waals surface area contributed by atoms with E-state index >= 15 is 0 Å². The van der Waals surface area contributed by atoms with Gasteiger partial charge >= 0.3 is 6.03 Å². The molecule has 1 atom stereocenters. The molecule has 0 aliphatic carbocycles. The molecule has 1 fully saturated rings. The van der Waals surface area contributed by atoms with Crippen LogP contribution in [0.4, 0.5) is 10.6 Å². The molecule has 5 nitrogen and oxygen atoms in total. The highest BCUT2D eigenvalue weighted by molar-refractivity contribution is 5.88. The number of pyridine rings is 1. The molecule has 2 rings (SSSR count). The summed E-state index contributed by atoms with van der Waals surface area (Å²) in [5, 5.41) is 2.87. The molecule has 0 aromatic carbocycles. The van der Waals surface area contributed by atoms with Crippen LogP contribution in [0.5, 0.6) is 0 Å². The number of hydrogen-bond acceptors (Lipinski definition) is 3. The van der Waals surface area contributed by atoms with Gasteiger partial charge in [0.05, 0.1) is 6.10 Å². The summed E-state index contributed by atoms with van der Waals surface area (Å²) in [5.41, 5.74) is 2.00. The zero-order valence-electron chi connectivity index (χ0n) is 13.3. The van der Waals surface area contributed by atoms with Crippen molar-refractivity contribution in [3.8, 4) is 0 Å². The van der Waals surface area contributed by atoms with Crippen LogP contribution in [0.2, 0.25) is 0 Å². The minimum atomic E-state index is -0.0943. The number of nitrogens with one attached hydrogen (secondary N) is 1. The van der Waals surface area contributed by atoms with Crippen LogP contribution in [-0.2, 0) is 4.74 Å². The summed E-state index contributed by atoms with van der Waals surface area (Å²) in [6.45, 7) is 10.3. The van der Waals surface area contributed by atoms with Crippen molar-refractivity contribution >= 4 is 11.8 Å². The lowest BCUT2D eigenvalue weighted by atomic mass is 10.2. The first-order valence-electron chi connectivity index (χ1n) is 7.57. The highest BCUT2D eigenvalue weighted by Crippen LogP contribution is 2.16. The Morgan fingerprint density at radius 3 is 2.90 bits per heavy atom. The van der Waals surface area contributed by atoms with E-state index in [4.69, 9.17) is 4.74 Å². The highest BCUT2D eigenvalue weighted by Gasteiger charge is 2.27. The number of rotatable bonds is 4. The number of carbonyl (C=O) groups is 1. The molecule has 21 heavy (non-hydrogen) atoms. The lowest BCUT2D eigenvalue weighted by Gasteiger charge is -2.18. The Morgan fingerprint density at radius 1 is 1.48 bits per heavy atom. The molecule has 2 heterocycles. The predicted octanol–water partition coefficient (Wildman–Crippen LogP) is 2.98. The SMILES string of the molecule is Cc1cc(C)nc(NC(=O)N2CC[C@@H](OCC(C)C)C2)c1. The van der Waals surface area contributed by atoms with E-state index in [2.05, 4.69) is 24.1 Å². The maximum Gasteiger partial charge on any atom is 0.323 e. The number of ether oxygens (including phenoxy) is 1. The predicted molar refractivity (Wildman–Crippen MR) is 83.5 cm³/mol. The van der Waals surface area contributed by atoms with E-state index in [1.165, 1.54) is 0 Å². The van der Waals surface area contributed by atoms with Crippen LogP contribution >= 0.6 is 0 Å². The molecule has 1 aromatic heterocycles. The summed E-state index contributed by atoms with van der Waals surface area (Å²) in [6.07, 6.45) is 1.06. The summed E-state index contributed by atoms with van der Waals surface area (Å²) >= 11 is 0. The van der Waals surface area contributed by atoms with Crippen molar-refractivity contribution in [2.75, 3.05) is 25.0 Å². The molecule has 0 spiro atoms. The Hall–Kier alpha value is -1.62. The Morgan fingerprint density at radius 2 is 2.24 bits per heavy atom. The van der Waals surface area contributed by atoms with Gasteiger partial charge in [0.2, 0.25) is 0 Å². The van der Waals surface area contributed by atoms with E-state index in [-0.39, 0.29) is 12.1 Å². The number of amides is 2. The minimum Gasteiger partial charge on any atom is -0.376 e. The van der Waals surface area contributed by atoms with Crippen LogP contribution < -0.4 is 5.32 Å². The molecule has 1 aromatic rings. The van der Waals surface area contributed by atoms with E-state index in [9.17, 15) is 4.79 Å². The first-order chi connectivity index (χ1) is 9.94. The molecule has 1 aliphatic heterocycles. The van der Waals surface area contributed by atoms with Crippen LogP contribution in [0.15, 0.2) is 12.1 Å². The number of aromatic nitrogens is 1. The molecule has 0 unspecified atom stereocenters. The first-order valence-corrected chi connectivity index (χ1v) is 7.57. The molecule has 5 heteroatoms. The molecule has 0 radical (unpaired) electrons. The Bertz CT molecular complexity index is 482. The van der Waals surface area contributed by atoms with Crippen molar-refractivity contribution in [1.82, 2.24) is 9.88 Å².